The van der Waals surface area contributed by atoms with E-state index in [2.05, 4.69) is 10.3 Å². The number of carbonyl (C=O) groups is 3. The first-order valence-corrected chi connectivity index (χ1v) is 9.73. The number of amides is 2. The van der Waals surface area contributed by atoms with Crippen molar-refractivity contribution >= 4 is 17.8 Å². The maximum absolute atomic E-state index is 13.4. The fourth-order valence-electron chi connectivity index (χ4n) is 4.15. The number of methoxy groups -OCH3 is 1. The van der Waals surface area contributed by atoms with Gasteiger partial charge in [-0.25, -0.2) is 9.78 Å². The Kier molecular flexibility index (Phi) is 4.89. The van der Waals surface area contributed by atoms with Gasteiger partial charge in [-0.15, -0.1) is 0 Å². The zero-order valence-electron chi connectivity index (χ0n) is 16.5. The highest BCUT2D eigenvalue weighted by atomic mass is 16.5. The number of rotatable bonds is 5. The zero-order chi connectivity index (χ0) is 20.6. The van der Waals surface area contributed by atoms with E-state index in [1.165, 1.54) is 24.6 Å². The summed E-state index contributed by atoms with van der Waals surface area (Å²) in [6.45, 7) is 2.02. The van der Waals surface area contributed by atoms with Crippen molar-refractivity contribution in [1.29, 1.82) is 0 Å². The molecule has 154 valence electrons. The summed E-state index contributed by atoms with van der Waals surface area (Å²) in [5, 5.41) is 3.10. The van der Waals surface area contributed by atoms with E-state index in [1.54, 1.807) is 23.6 Å². The standard InChI is InChI=1S/C20H24N4O5/c1-20(19(27)22-13-6-3-4-7-13)11-23-12-21-15(18(26)28-2)16(23)17(25)24(20)10-14-8-5-9-29-14/h5,8-9,12-13H,3-4,6-7,10-11H2,1-2H3,(H,22,27). The minimum absolute atomic E-state index is 0.0554. The van der Waals surface area contributed by atoms with Gasteiger partial charge in [-0.1, -0.05) is 12.8 Å². The molecule has 9 heteroatoms. The summed E-state index contributed by atoms with van der Waals surface area (Å²) in [7, 11) is 1.24. The molecule has 9 nitrogen and oxygen atoms in total. The highest BCUT2D eigenvalue weighted by molar-refractivity contribution is 6.06. The second-order valence-corrected chi connectivity index (χ2v) is 7.76. The van der Waals surface area contributed by atoms with Crippen LogP contribution in [-0.4, -0.2) is 50.9 Å². The Labute approximate surface area is 168 Å². The molecule has 1 aliphatic heterocycles. The van der Waals surface area contributed by atoms with E-state index in [1.807, 2.05) is 0 Å². The van der Waals surface area contributed by atoms with Gasteiger partial charge in [-0.3, -0.25) is 9.59 Å². The minimum Gasteiger partial charge on any atom is -0.467 e. The Morgan fingerprint density at radius 2 is 2.14 bits per heavy atom. The van der Waals surface area contributed by atoms with Crippen LogP contribution in [0, 0.1) is 0 Å². The molecule has 2 aromatic rings. The van der Waals surface area contributed by atoms with E-state index in [-0.39, 0.29) is 36.4 Å². The lowest BCUT2D eigenvalue weighted by Gasteiger charge is -2.43. The lowest BCUT2D eigenvalue weighted by Crippen LogP contribution is -2.64. The summed E-state index contributed by atoms with van der Waals surface area (Å²) in [6.07, 6.45) is 6.98. The fourth-order valence-corrected chi connectivity index (χ4v) is 4.15. The molecule has 1 saturated carbocycles. The topological polar surface area (TPSA) is 107 Å². The van der Waals surface area contributed by atoms with Crippen LogP contribution in [-0.2, 0) is 22.6 Å². The number of hydrogen-bond acceptors (Lipinski definition) is 6. The Morgan fingerprint density at radius 1 is 1.38 bits per heavy atom. The first kappa shape index (κ1) is 19.2. The summed E-state index contributed by atoms with van der Waals surface area (Å²) >= 11 is 0. The van der Waals surface area contributed by atoms with Crippen LogP contribution < -0.4 is 5.32 Å². The number of hydrogen-bond donors (Lipinski definition) is 1. The normalized spacial score (nSPS) is 21.9. The Hall–Kier alpha value is -3.10. The Bertz CT molecular complexity index is 929. The second kappa shape index (κ2) is 7.38. The van der Waals surface area contributed by atoms with Crippen molar-refractivity contribution in [2.75, 3.05) is 7.11 Å². The third kappa shape index (κ3) is 3.30. The maximum atomic E-state index is 13.4. The molecule has 4 rings (SSSR count). The fraction of sp³-hybridized carbons (Fsp3) is 0.500. The van der Waals surface area contributed by atoms with Gasteiger partial charge in [-0.2, -0.15) is 0 Å². The highest BCUT2D eigenvalue weighted by Crippen LogP contribution is 2.31. The van der Waals surface area contributed by atoms with Crippen molar-refractivity contribution < 1.29 is 23.5 Å². The smallest absolute Gasteiger partial charge is 0.359 e. The van der Waals surface area contributed by atoms with Crippen molar-refractivity contribution in [3.05, 3.63) is 41.9 Å². The first-order valence-electron chi connectivity index (χ1n) is 9.73. The number of fused-ring (bicyclic) bond motifs is 1. The molecule has 2 amide bonds. The maximum Gasteiger partial charge on any atom is 0.359 e. The molecular weight excluding hydrogens is 376 g/mol. The van der Waals surface area contributed by atoms with Crippen LogP contribution in [0.15, 0.2) is 29.1 Å². The average molecular weight is 400 g/mol. The monoisotopic (exact) mass is 400 g/mol. The molecule has 0 aromatic carbocycles. The number of furan rings is 1. The van der Waals surface area contributed by atoms with Crippen molar-refractivity contribution in [1.82, 2.24) is 19.8 Å². The van der Waals surface area contributed by atoms with E-state index in [0.717, 1.165) is 25.7 Å². The van der Waals surface area contributed by atoms with Crippen LogP contribution in [0.3, 0.4) is 0 Å². The molecule has 29 heavy (non-hydrogen) atoms. The summed E-state index contributed by atoms with van der Waals surface area (Å²) < 4.78 is 11.7. The number of imidazole rings is 1. The van der Waals surface area contributed by atoms with Gasteiger partial charge in [0.15, 0.2) is 5.69 Å². The Morgan fingerprint density at radius 3 is 2.79 bits per heavy atom. The van der Waals surface area contributed by atoms with Crippen LogP contribution in [0.25, 0.3) is 0 Å². The minimum atomic E-state index is -1.16. The van der Waals surface area contributed by atoms with Crippen LogP contribution in [0.5, 0.6) is 0 Å². The molecule has 2 aromatic heterocycles. The van der Waals surface area contributed by atoms with Crippen LogP contribution >= 0.6 is 0 Å². The lowest BCUT2D eigenvalue weighted by molar-refractivity contribution is -0.134. The Balaban J connectivity index is 1.72. The van der Waals surface area contributed by atoms with E-state index >= 15 is 0 Å². The largest absolute Gasteiger partial charge is 0.467 e. The van der Waals surface area contributed by atoms with Gasteiger partial charge in [0.25, 0.3) is 5.91 Å². The van der Waals surface area contributed by atoms with E-state index < -0.39 is 17.4 Å². The number of carbonyl (C=O) groups excluding carboxylic acids is 3. The predicted octanol–water partition coefficient (Wildman–Crippen LogP) is 1.74. The van der Waals surface area contributed by atoms with Crippen molar-refractivity contribution in [3.8, 4) is 0 Å². The molecule has 0 radical (unpaired) electrons. The number of esters is 1. The van der Waals surface area contributed by atoms with Gasteiger partial charge in [0, 0.05) is 6.04 Å². The molecular formula is C20H24N4O5. The highest BCUT2D eigenvalue weighted by Gasteiger charge is 2.49. The van der Waals surface area contributed by atoms with Gasteiger partial charge < -0.3 is 23.9 Å². The summed E-state index contributed by atoms with van der Waals surface area (Å²) in [5.41, 5.74) is -1.09. The summed E-state index contributed by atoms with van der Waals surface area (Å²) in [4.78, 5) is 44.3. The van der Waals surface area contributed by atoms with Gasteiger partial charge in [-0.05, 0) is 31.9 Å². The molecule has 1 atom stereocenters. The first-order chi connectivity index (χ1) is 13.9. The van der Waals surface area contributed by atoms with Crippen LogP contribution in [0.4, 0.5) is 0 Å². The van der Waals surface area contributed by atoms with Gasteiger partial charge in [0.1, 0.15) is 17.0 Å². The molecule has 0 spiro atoms. The third-order valence-corrected chi connectivity index (χ3v) is 5.81. The van der Waals surface area contributed by atoms with E-state index in [9.17, 15) is 14.4 Å². The van der Waals surface area contributed by atoms with Crippen molar-refractivity contribution in [2.45, 2.75) is 57.3 Å². The quantitative estimate of drug-likeness (QED) is 0.766. The molecule has 2 aliphatic rings. The lowest BCUT2D eigenvalue weighted by atomic mass is 9.93. The summed E-state index contributed by atoms with van der Waals surface area (Å²) in [6, 6.07) is 3.59. The zero-order valence-corrected chi connectivity index (χ0v) is 16.5. The van der Waals surface area contributed by atoms with Gasteiger partial charge >= 0.3 is 5.97 Å². The SMILES string of the molecule is COC(=O)c1ncn2c1C(=O)N(Cc1ccco1)C(C)(C(=O)NC1CCCC1)C2. The van der Waals surface area contributed by atoms with Crippen molar-refractivity contribution in [2.24, 2.45) is 0 Å². The van der Waals surface area contributed by atoms with Gasteiger partial charge in [0.05, 0.1) is 32.8 Å². The number of aromatic nitrogens is 2. The van der Waals surface area contributed by atoms with Crippen molar-refractivity contribution in [3.63, 3.8) is 0 Å². The average Bonchev–Trinajstić information content (AvgIpc) is 3.46. The third-order valence-electron chi connectivity index (χ3n) is 5.81. The molecule has 1 N–H and O–H groups in total. The molecule has 0 saturated heterocycles. The van der Waals surface area contributed by atoms with Crippen LogP contribution in [0.2, 0.25) is 0 Å². The van der Waals surface area contributed by atoms with Gasteiger partial charge in [0.2, 0.25) is 5.91 Å². The summed E-state index contributed by atoms with van der Waals surface area (Å²) in [5.74, 6) is -0.826. The second-order valence-electron chi connectivity index (χ2n) is 7.76. The number of ether oxygens (including phenoxy) is 1. The van der Waals surface area contributed by atoms with Crippen LogP contribution in [0.1, 0.15) is 59.3 Å². The molecule has 3 heterocycles. The number of nitrogens with zero attached hydrogens (tertiary/aromatic N) is 3. The molecule has 0 bridgehead atoms. The predicted molar refractivity (Wildman–Crippen MR) is 101 cm³/mol. The van der Waals surface area contributed by atoms with E-state index in [0.29, 0.717) is 5.76 Å². The van der Waals surface area contributed by atoms with E-state index in [4.69, 9.17) is 9.15 Å². The number of nitrogens with one attached hydrogen (secondary N) is 1. The molecule has 1 fully saturated rings. The molecule has 1 aliphatic carbocycles. The molecule has 1 unspecified atom stereocenters.